The second-order valence-electron chi connectivity index (χ2n) is 34.7. The van der Waals surface area contributed by atoms with Crippen molar-refractivity contribution in [1.82, 2.24) is 74.8 Å². The number of oxazole rings is 5. The van der Waals surface area contributed by atoms with E-state index in [0.29, 0.717) is 159 Å². The van der Waals surface area contributed by atoms with Crippen LogP contribution in [0.1, 0.15) is 172 Å². The number of anilines is 7. The monoisotopic (exact) mass is 2290 g/mol. The number of thiazole rings is 4. The molecule has 0 saturated carbocycles. The molecule has 6 aromatic carbocycles. The molecule has 3 saturated heterocycles. The number of piperazine rings is 2. The number of esters is 1. The minimum Gasteiger partial charge on any atom is -0.870 e. The Morgan fingerprint density at radius 3 is 1.26 bits per heavy atom. The molecule has 0 radical (unpaired) electrons. The quantitative estimate of drug-likeness (QED) is 0.00563. The number of halogens is 2. The molecule has 4 amide bonds. The number of rotatable bonds is 18. The van der Waals surface area contributed by atoms with Gasteiger partial charge >= 0.3 is 61.0 Å². The second kappa shape index (κ2) is 59.8. The molecule has 0 bridgehead atoms. The van der Waals surface area contributed by atoms with Crippen molar-refractivity contribution in [3.05, 3.63) is 213 Å². The van der Waals surface area contributed by atoms with E-state index < -0.39 is 17.5 Å². The van der Waals surface area contributed by atoms with Gasteiger partial charge in [0.15, 0.2) is 69.5 Å². The second-order valence-corrected chi connectivity index (χ2v) is 42.0. The zero-order valence-electron chi connectivity index (χ0n) is 85.1. The van der Waals surface area contributed by atoms with E-state index in [1.54, 1.807) is 49.9 Å². The number of ether oxygens (including phenoxy) is 4. The van der Waals surface area contributed by atoms with Crippen LogP contribution in [0.25, 0.3) is 55.5 Å². The van der Waals surface area contributed by atoms with Crippen LogP contribution in [0, 0.1) is 45.5 Å². The zero-order chi connectivity index (χ0) is 105. The van der Waals surface area contributed by atoms with Gasteiger partial charge in [0.1, 0.15) is 72.5 Å². The summed E-state index contributed by atoms with van der Waals surface area (Å²) in [5.74, 6) is -0.223. The third kappa shape index (κ3) is 39.9. The van der Waals surface area contributed by atoms with Gasteiger partial charge in [0.25, 0.3) is 11.8 Å². The van der Waals surface area contributed by atoms with Crippen molar-refractivity contribution in [3.8, 4) is 5.75 Å². The van der Waals surface area contributed by atoms with Crippen LogP contribution in [0.15, 0.2) is 153 Å². The van der Waals surface area contributed by atoms with Gasteiger partial charge in [-0.1, -0.05) is 52.3 Å². The van der Waals surface area contributed by atoms with Crippen molar-refractivity contribution in [2.24, 2.45) is 5.73 Å². The number of carbonyl (C=O) groups excluding carboxylic acids is 6. The summed E-state index contributed by atoms with van der Waals surface area (Å²) in [6.45, 7) is 34.5. The van der Waals surface area contributed by atoms with Crippen molar-refractivity contribution >= 4 is 260 Å². The van der Waals surface area contributed by atoms with Crippen LogP contribution < -0.4 is 57.3 Å². The first kappa shape index (κ1) is 124. The number of ketones is 1. The number of carboxylic acid groups (broad SMARTS) is 1. The van der Waals surface area contributed by atoms with Gasteiger partial charge < -0.3 is 104 Å². The molecular formula is C98H118BrClLiN21O20S8. The maximum Gasteiger partial charge on any atom is 1.00 e. The number of nitrogen functional groups attached to an aromatic ring is 2. The summed E-state index contributed by atoms with van der Waals surface area (Å²) in [7, 11) is 2.83. The van der Waals surface area contributed by atoms with E-state index in [2.05, 4.69) is 111 Å². The Kier molecular flexibility index (Phi) is 49.6. The topological polar surface area (TPSA) is 592 Å². The van der Waals surface area contributed by atoms with E-state index in [1.807, 2.05) is 192 Å². The number of aromatic hydroxyl groups is 1. The van der Waals surface area contributed by atoms with Crippen molar-refractivity contribution < 1.29 is 115 Å². The molecule has 10 aromatic heterocycles. The van der Waals surface area contributed by atoms with Gasteiger partial charge in [-0.05, 0) is 267 Å². The summed E-state index contributed by atoms with van der Waals surface area (Å²) in [5, 5.41) is 40.0. The largest absolute Gasteiger partial charge is 1.00 e. The molecule has 798 valence electrons. The Morgan fingerprint density at radius 1 is 0.493 bits per heavy atom. The SMILES string of the molecule is CC(C)(C)OC(=O)N1CCCCC1.CCOC(=O)c1csc(Cc2nc3cc(C)ccc3o2)n1.CCOCC(=O)CBr.Cc1ccc(O)c(N)c1.Cc1ccc2oc(Cc3nc(C(=O)O)cs3)nc2c1.Cc1ccc2oc(NC(N)=S)nc2c1.Cc1ccc2oc(Nc3nc(C(=O)N4CCN(C(=O)OC(C)(C)C)CC4)cs3)nc2c1.Cc1ccc2oc(Nc3nc(C(=O)N4CCNCC4)cs3)nc2c1.Cl.Nc1nc(=S)ss1.O.[Li+].[OH-]. The van der Waals surface area contributed by atoms with E-state index in [1.165, 1.54) is 77.8 Å². The molecule has 0 aliphatic carbocycles. The van der Waals surface area contributed by atoms with E-state index >= 15 is 0 Å². The Balaban J connectivity index is 0.000000235. The number of piperidine rings is 1. The van der Waals surface area contributed by atoms with E-state index in [9.17, 15) is 33.6 Å². The van der Waals surface area contributed by atoms with E-state index in [0.717, 1.165) is 122 Å². The molecule has 16 aromatic rings. The number of benzene rings is 6. The number of nitrogens with zero attached hydrogens (tertiary/aromatic N) is 14. The standard InChI is InChI=1S/C21H25N5O4S.C16H17N5O2S.C15H14N2O3S.C13H10N2O3S.C10H19NO2.C9H9N3OS.C7H9NO.C5H9BrO2.C2H2N2S3.ClH.Li.2H2O/c1-13-5-6-16-14(11-13)22-18(29-16)24-19-23-15(12-31-19)17(27)25-7-9-26(10-8-25)20(28)30-21(2,3)4;1-10-2-3-13-11(8-10)18-15(23-13)20-16-19-12(9-24-16)14(22)21-6-4-17-5-7-21;1-3-19-15(18)11-8-21-14(17-11)7-13-16-10-6-9(2)4-5-12(10)20-13;1-7-2-3-10-8(4-7)14-11(18-10)5-12-15-9(6-19-12)13(16)17;1-10(2,3)13-9(12)11-7-5-4-6-8-11;1-5-2-3-7-6(4-5)11-9(13-7)12-8(10)14;1-5-2-3-7(9)6(8)4-5;1-2-8-4-5(7)3-6;3-1-4-2(5)7-6-1;;;;/h5-6,11-12H,7-10H2,1-4H3,(H,22,23,24);2-3,8-9,17H,4-7H2,1H3,(H,18,19,20);4-6,8H,3,7H2,1-2H3;2-4,6H,5H2,1H3,(H,16,17);4-8H2,1-3H3;2-4H,1H3,(H3,10,11,12,14);2-4,9H,8H2,1H3;2-4H2,1H3;(H2,3,4,5);1H;;2*1H2/q;;;;;;;;;;+1;;/p-1. The smallest absolute Gasteiger partial charge is 0.870 e. The van der Waals surface area contributed by atoms with Crippen molar-refractivity contribution in [2.45, 2.75) is 140 Å². The summed E-state index contributed by atoms with van der Waals surface area (Å²) in [6.07, 6.45) is 3.82. The summed E-state index contributed by atoms with van der Waals surface area (Å²) >= 11 is 17.7. The number of hydrogen-bond donors (Lipinski definition) is 9. The van der Waals surface area contributed by atoms with Crippen LogP contribution in [0.2, 0.25) is 0 Å². The van der Waals surface area contributed by atoms with Gasteiger partial charge in [0.2, 0.25) is 11.8 Å². The fraction of sp³-hybridized carbons (Fsp3) is 0.357. The third-order valence-electron chi connectivity index (χ3n) is 20.2. The molecule has 41 nitrogen and oxygen atoms in total. The normalized spacial score (nSPS) is 12.4. The van der Waals surface area contributed by atoms with Gasteiger partial charge in [0, 0.05) is 93.6 Å². The maximum absolute atomic E-state index is 12.8. The summed E-state index contributed by atoms with van der Waals surface area (Å²) < 4.78 is 49.0. The number of phenolic OH excluding ortho intramolecular Hbond substituents is 1. The van der Waals surface area contributed by atoms with Crippen LogP contribution in [0.5, 0.6) is 5.75 Å². The Hall–Kier alpha value is -12.6. The number of nitrogens with one attached hydrogen (secondary N) is 4. The fourth-order valence-corrected chi connectivity index (χ4v) is 18.1. The number of alkyl halides is 1. The van der Waals surface area contributed by atoms with Crippen LogP contribution in [0.3, 0.4) is 0 Å². The first-order chi connectivity index (χ1) is 69.6. The molecular weight excluding hydrogens is 2170 g/mol. The molecule has 3 aliphatic rings. The maximum atomic E-state index is 12.8. The Bertz CT molecular complexity index is 7190. The number of thiocarbonyl (C=S) groups is 1. The van der Waals surface area contributed by atoms with Crippen molar-refractivity contribution in [1.29, 1.82) is 0 Å². The minimum atomic E-state index is -1.02. The molecule has 150 heavy (non-hydrogen) atoms. The van der Waals surface area contributed by atoms with Crippen LogP contribution >= 0.6 is 119 Å². The Morgan fingerprint density at radius 2 is 0.880 bits per heavy atom. The number of hydrogen-bond acceptors (Lipinski definition) is 41. The number of likely N-dealkylation sites (tertiary alicyclic amines) is 1. The number of aromatic carboxylic acids is 1. The van der Waals surface area contributed by atoms with Crippen LogP contribution in [0.4, 0.5) is 48.7 Å². The summed E-state index contributed by atoms with van der Waals surface area (Å²) in [5.41, 5.74) is 30.9. The van der Waals surface area contributed by atoms with E-state index in [-0.39, 0.29) is 101 Å². The average Bonchev–Trinajstić information content (AvgIpc) is 1.71. The molecule has 15 N–H and O–H groups in total. The number of carboxylic acids is 1. The predicted molar refractivity (Wildman–Crippen MR) is 592 cm³/mol. The molecule has 52 heteroatoms. The number of aryl methyl sites for hydroxylation is 6. The Labute approximate surface area is 924 Å². The average molecular weight is 2290 g/mol. The number of nitrogens with two attached hydrogens (primary N) is 3. The number of fused-ring (bicyclic) bond motifs is 5. The molecule has 3 fully saturated rings. The molecule has 19 rings (SSSR count). The first-order valence-electron chi connectivity index (χ1n) is 45.9. The molecule has 0 unspecified atom stereocenters. The predicted octanol–water partition coefficient (Wildman–Crippen LogP) is 17.1. The van der Waals surface area contributed by atoms with Gasteiger partial charge in [-0.2, -0.15) is 19.9 Å². The van der Waals surface area contributed by atoms with Gasteiger partial charge in [0.05, 0.1) is 30.5 Å². The number of amides is 4. The molecule has 0 spiro atoms. The minimum absolute atomic E-state index is 0. The van der Waals surface area contributed by atoms with Crippen LogP contribution in [-0.2, 0) is 36.6 Å². The van der Waals surface area contributed by atoms with E-state index in [4.69, 9.17) is 68.4 Å². The third-order valence-corrected chi connectivity index (χ3v) is 26.6. The molecule has 0 atom stereocenters. The fourth-order valence-electron chi connectivity index (χ4n) is 13.3. The number of carbonyl (C=O) groups is 7. The first-order valence-corrected chi connectivity index (χ1v) is 53.5. The van der Waals surface area contributed by atoms with Gasteiger partial charge in [-0.15, -0.1) is 57.8 Å². The number of phenols is 1. The summed E-state index contributed by atoms with van der Waals surface area (Å²) in [4.78, 5) is 131. The number of Topliss-reactive ketones (excluding diaryl/α,β-unsaturated/α-hetero) is 1. The van der Waals surface area contributed by atoms with Crippen molar-refractivity contribution in [3.63, 3.8) is 0 Å². The van der Waals surface area contributed by atoms with Crippen LogP contribution in [-0.4, -0.2) is 239 Å². The summed E-state index contributed by atoms with van der Waals surface area (Å²) in [6, 6.07) is 35.2. The number of aromatic nitrogens is 10. The zero-order valence-corrected chi connectivity index (χ0v) is 94.0. The van der Waals surface area contributed by atoms with Gasteiger partial charge in [-0.25, -0.2) is 49.1 Å². The van der Waals surface area contributed by atoms with Crippen molar-refractivity contribution in [2.75, 3.05) is 118 Å². The molecule has 3 aliphatic heterocycles. The molecule has 13 heterocycles. The van der Waals surface area contributed by atoms with Gasteiger partial charge in [-0.3, -0.25) is 30.3 Å².